The molecule has 0 bridgehead atoms. The van der Waals surface area contributed by atoms with Gasteiger partial charge in [-0.3, -0.25) is 0 Å². The van der Waals surface area contributed by atoms with Gasteiger partial charge in [0.25, 0.3) is 0 Å². The van der Waals surface area contributed by atoms with E-state index in [0.717, 1.165) is 6.92 Å². The van der Waals surface area contributed by atoms with Gasteiger partial charge < -0.3 is 14.5 Å². The zero-order chi connectivity index (χ0) is 8.78. The van der Waals surface area contributed by atoms with Gasteiger partial charge in [0, 0.05) is 5.97 Å². The molecule has 0 fully saturated rings. The second kappa shape index (κ2) is 12.9. The molecular formula is C2H4KNaO7S. The second-order valence-corrected chi connectivity index (χ2v) is 1.94. The van der Waals surface area contributed by atoms with Crippen LogP contribution in [-0.2, 0) is 19.5 Å². The molecule has 7 nitrogen and oxygen atoms in total. The Labute approximate surface area is 134 Å². The SMILES string of the molecule is CC(=O)[O-].O=S(=O)([O-])OO.[K+].[Na+]. The summed E-state index contributed by atoms with van der Waals surface area (Å²) in [6, 6.07) is 0. The van der Waals surface area contributed by atoms with Gasteiger partial charge in [-0.1, -0.05) is 0 Å². The van der Waals surface area contributed by atoms with Gasteiger partial charge in [-0.2, -0.15) is 0 Å². The van der Waals surface area contributed by atoms with Crippen LogP contribution < -0.4 is 86.0 Å². The van der Waals surface area contributed by atoms with E-state index in [9.17, 15) is 0 Å². The summed E-state index contributed by atoms with van der Waals surface area (Å²) in [5.74, 6) is -1.08. The molecule has 0 radical (unpaired) electrons. The molecule has 0 aliphatic carbocycles. The van der Waals surface area contributed by atoms with Crippen molar-refractivity contribution in [3.8, 4) is 0 Å². The minimum atomic E-state index is -4.86. The van der Waals surface area contributed by atoms with Crippen LogP contribution in [0, 0.1) is 0 Å². The number of hydrogen-bond donors (Lipinski definition) is 1. The fraction of sp³-hybridized carbons (Fsp3) is 0.500. The number of carboxylic acid groups (broad SMARTS) is 1. The molecule has 0 unspecified atom stereocenters. The van der Waals surface area contributed by atoms with E-state index in [-0.39, 0.29) is 80.9 Å². The van der Waals surface area contributed by atoms with Crippen molar-refractivity contribution in [3.05, 3.63) is 0 Å². The van der Waals surface area contributed by atoms with Crippen molar-refractivity contribution in [2.75, 3.05) is 0 Å². The molecule has 0 aliphatic heterocycles. The number of aliphatic carboxylic acids is 1. The summed E-state index contributed by atoms with van der Waals surface area (Å²) < 4.78 is 29.3. The Bertz CT molecular complexity index is 184. The molecule has 10 heteroatoms. The average Bonchev–Trinajstić information content (AvgIpc) is 1.63. The summed E-state index contributed by atoms with van der Waals surface area (Å²) >= 11 is 0. The smallest absolute Gasteiger partial charge is 0.724 e. The molecule has 0 aromatic carbocycles. The minimum absolute atomic E-state index is 0. The van der Waals surface area contributed by atoms with Crippen molar-refractivity contribution in [3.63, 3.8) is 0 Å². The third-order valence-electron chi connectivity index (χ3n) is 0.0913. The number of carboxylic acids is 1. The number of rotatable bonds is 1. The first kappa shape index (κ1) is 23.6. The zero-order valence-electron chi connectivity index (χ0n) is 6.80. The van der Waals surface area contributed by atoms with Crippen LogP contribution in [0.5, 0.6) is 0 Å². The van der Waals surface area contributed by atoms with Crippen molar-refractivity contribution in [2.45, 2.75) is 6.92 Å². The molecule has 0 saturated carbocycles. The van der Waals surface area contributed by atoms with Gasteiger partial charge in [-0.15, -0.1) is 4.33 Å². The third-order valence-corrected chi connectivity index (χ3v) is 0.274. The van der Waals surface area contributed by atoms with E-state index in [1.165, 1.54) is 0 Å². The van der Waals surface area contributed by atoms with E-state index in [0.29, 0.717) is 0 Å². The third kappa shape index (κ3) is 58.6. The van der Waals surface area contributed by atoms with Crippen molar-refractivity contribution >= 4 is 16.4 Å². The predicted octanol–water partition coefficient (Wildman–Crippen LogP) is -8.30. The maximum absolute atomic E-state index is 8.97. The van der Waals surface area contributed by atoms with Gasteiger partial charge in [0.2, 0.25) is 10.4 Å². The zero-order valence-corrected chi connectivity index (χ0v) is 12.7. The predicted molar refractivity (Wildman–Crippen MR) is 24.1 cm³/mol. The monoisotopic (exact) mass is 234 g/mol. The van der Waals surface area contributed by atoms with E-state index in [1.807, 2.05) is 0 Å². The van der Waals surface area contributed by atoms with Crippen molar-refractivity contribution in [1.82, 2.24) is 0 Å². The molecule has 0 aromatic heterocycles. The average molecular weight is 234 g/mol. The molecule has 62 valence electrons. The molecule has 0 spiro atoms. The van der Waals surface area contributed by atoms with E-state index >= 15 is 0 Å². The van der Waals surface area contributed by atoms with Gasteiger partial charge in [-0.25, -0.2) is 13.7 Å². The van der Waals surface area contributed by atoms with Crippen LogP contribution in [0.25, 0.3) is 0 Å². The van der Waals surface area contributed by atoms with Crippen LogP contribution in [0.3, 0.4) is 0 Å². The molecule has 0 amide bonds. The van der Waals surface area contributed by atoms with Gasteiger partial charge in [-0.05, 0) is 6.92 Å². The Hall–Kier alpha value is 1.94. The Balaban J connectivity index is -0.0000000483. The molecule has 0 aromatic rings. The number of carbonyl (C=O) groups is 1. The first-order chi connectivity index (χ1) is 4.29. The summed E-state index contributed by atoms with van der Waals surface area (Å²) in [5.41, 5.74) is 0. The number of carbonyl (C=O) groups excluding carboxylic acids is 1. The van der Waals surface area contributed by atoms with E-state index in [2.05, 4.69) is 4.33 Å². The first-order valence-electron chi connectivity index (χ1n) is 1.76. The fourth-order valence-electron chi connectivity index (χ4n) is 0. The van der Waals surface area contributed by atoms with Gasteiger partial charge >= 0.3 is 80.9 Å². The van der Waals surface area contributed by atoms with Crippen molar-refractivity contribution in [1.29, 1.82) is 0 Å². The largest absolute Gasteiger partial charge is 1.00 e. The summed E-state index contributed by atoms with van der Waals surface area (Å²) in [5, 5.41) is 15.9. The quantitative estimate of drug-likeness (QED) is 0.157. The normalized spacial score (nSPS) is 7.92. The molecule has 12 heavy (non-hydrogen) atoms. The molecule has 0 atom stereocenters. The first-order valence-corrected chi connectivity index (χ1v) is 3.09. The molecule has 0 aliphatic rings. The Morgan fingerprint density at radius 3 is 1.58 bits per heavy atom. The summed E-state index contributed by atoms with van der Waals surface area (Å²) in [6.07, 6.45) is 0. The van der Waals surface area contributed by atoms with Gasteiger partial charge in [0.05, 0.1) is 0 Å². The van der Waals surface area contributed by atoms with Crippen LogP contribution in [0.4, 0.5) is 0 Å². The standard InChI is InChI=1S/C2H4O2.K.Na.H2O5S/c1-2(3)4;;;1-5-6(2,3)4/h1H3,(H,3,4);;;1H,(H,2,3,4)/q;2*+1;/p-2. The Kier molecular flexibility index (Phi) is 25.5. The maximum atomic E-state index is 8.97. The second-order valence-electron chi connectivity index (χ2n) is 0.974. The molecule has 0 rings (SSSR count). The van der Waals surface area contributed by atoms with E-state index in [1.54, 1.807) is 0 Å². The number of hydrogen-bond acceptors (Lipinski definition) is 7. The summed E-state index contributed by atoms with van der Waals surface area (Å²) in [4.78, 5) is 8.89. The van der Waals surface area contributed by atoms with Gasteiger partial charge in [0.15, 0.2) is 0 Å². The van der Waals surface area contributed by atoms with Crippen molar-refractivity contribution in [2.24, 2.45) is 0 Å². The van der Waals surface area contributed by atoms with Crippen LogP contribution in [0.2, 0.25) is 0 Å². The summed E-state index contributed by atoms with van der Waals surface area (Å²) in [6.45, 7) is 0.972. The molecular weight excluding hydrogens is 230 g/mol. The van der Waals surface area contributed by atoms with Crippen molar-refractivity contribution < 1.29 is 113 Å². The van der Waals surface area contributed by atoms with Crippen LogP contribution >= 0.6 is 0 Å². The molecule has 0 saturated heterocycles. The van der Waals surface area contributed by atoms with Crippen LogP contribution in [-0.4, -0.2) is 24.2 Å². The minimum Gasteiger partial charge on any atom is -0.724 e. The van der Waals surface area contributed by atoms with E-state index < -0.39 is 16.4 Å². The van der Waals surface area contributed by atoms with Crippen LogP contribution in [0.1, 0.15) is 6.92 Å². The Morgan fingerprint density at radius 1 is 1.50 bits per heavy atom. The molecule has 1 N–H and O–H groups in total. The summed E-state index contributed by atoms with van der Waals surface area (Å²) in [7, 11) is -4.86. The topological polar surface area (TPSA) is 127 Å². The van der Waals surface area contributed by atoms with E-state index in [4.69, 9.17) is 28.1 Å². The van der Waals surface area contributed by atoms with Gasteiger partial charge in [0.1, 0.15) is 0 Å². The fourth-order valence-corrected chi connectivity index (χ4v) is 0. The Morgan fingerprint density at radius 2 is 1.58 bits per heavy atom. The van der Waals surface area contributed by atoms with Crippen LogP contribution in [0.15, 0.2) is 0 Å². The molecule has 0 heterocycles. The maximum Gasteiger partial charge on any atom is 1.00 e.